The van der Waals surface area contributed by atoms with Crippen LogP contribution in [0.15, 0.2) is 34.5 Å². The van der Waals surface area contributed by atoms with Crippen LogP contribution in [0.5, 0.6) is 0 Å². The van der Waals surface area contributed by atoms with Crippen LogP contribution in [-0.2, 0) is 16.4 Å². The fourth-order valence-electron chi connectivity index (χ4n) is 1.64. The molecule has 1 aromatic carbocycles. The van der Waals surface area contributed by atoms with E-state index in [9.17, 15) is 8.42 Å². The summed E-state index contributed by atoms with van der Waals surface area (Å²) in [5, 5.41) is 0. The largest absolute Gasteiger partial charge is 0.279 e. The van der Waals surface area contributed by atoms with Gasteiger partial charge in [-0.2, -0.15) is 0 Å². The van der Waals surface area contributed by atoms with Gasteiger partial charge >= 0.3 is 0 Å². The number of thiophene rings is 1. The molecule has 0 spiro atoms. The van der Waals surface area contributed by atoms with Gasteiger partial charge in [0.2, 0.25) is 0 Å². The fourth-order valence-corrected chi connectivity index (χ4v) is 4.24. The molecule has 1 aromatic heterocycles. The summed E-state index contributed by atoms with van der Waals surface area (Å²) in [6.45, 7) is 3.90. The standard InChI is InChI=1S/C13H14ClNO2S2/c1-3-10-5-4-9(2)11(8-10)15-19(16,17)13-7-6-12(14)18-13/h4-8,15H,3H2,1-2H3. The maximum absolute atomic E-state index is 12.2. The van der Waals surface area contributed by atoms with E-state index in [4.69, 9.17) is 11.6 Å². The van der Waals surface area contributed by atoms with E-state index in [1.807, 2.05) is 32.0 Å². The van der Waals surface area contributed by atoms with Gasteiger partial charge in [0.05, 0.1) is 10.0 Å². The van der Waals surface area contributed by atoms with Crippen LogP contribution < -0.4 is 4.72 Å². The number of nitrogens with one attached hydrogen (secondary N) is 1. The summed E-state index contributed by atoms with van der Waals surface area (Å²) in [6, 6.07) is 8.86. The zero-order valence-electron chi connectivity index (χ0n) is 10.6. The molecular formula is C13H14ClNO2S2. The van der Waals surface area contributed by atoms with Crippen LogP contribution in [-0.4, -0.2) is 8.42 Å². The van der Waals surface area contributed by atoms with Crippen LogP contribution in [0.25, 0.3) is 0 Å². The molecule has 0 aliphatic carbocycles. The lowest BCUT2D eigenvalue weighted by Gasteiger charge is -2.10. The molecule has 0 fully saturated rings. The molecule has 0 bridgehead atoms. The second-order valence-corrected chi connectivity index (χ2v) is 7.79. The number of halogens is 1. The molecule has 0 radical (unpaired) electrons. The summed E-state index contributed by atoms with van der Waals surface area (Å²) in [6.07, 6.45) is 0.861. The molecule has 1 N–H and O–H groups in total. The molecule has 0 saturated carbocycles. The predicted molar refractivity (Wildman–Crippen MR) is 80.7 cm³/mol. The lowest BCUT2D eigenvalue weighted by atomic mass is 10.1. The predicted octanol–water partition coefficient (Wildman–Crippen LogP) is 4.07. The van der Waals surface area contributed by atoms with Crippen LogP contribution in [0.3, 0.4) is 0 Å². The number of anilines is 1. The Hall–Kier alpha value is -1.04. The molecule has 0 aliphatic heterocycles. The molecule has 6 heteroatoms. The third kappa shape index (κ3) is 3.29. The Morgan fingerprint density at radius 3 is 2.58 bits per heavy atom. The number of sulfonamides is 1. The van der Waals surface area contributed by atoms with E-state index in [0.717, 1.165) is 28.9 Å². The van der Waals surface area contributed by atoms with Gasteiger partial charge in [-0.25, -0.2) is 8.42 Å². The summed E-state index contributed by atoms with van der Waals surface area (Å²) < 4.78 is 27.7. The number of hydrogen-bond donors (Lipinski definition) is 1. The second kappa shape index (κ2) is 5.53. The highest BCUT2D eigenvalue weighted by molar-refractivity contribution is 7.94. The fraction of sp³-hybridized carbons (Fsp3) is 0.231. The Balaban J connectivity index is 2.35. The van der Waals surface area contributed by atoms with Gasteiger partial charge in [-0.05, 0) is 42.7 Å². The number of rotatable bonds is 4. The normalized spacial score (nSPS) is 11.5. The van der Waals surface area contributed by atoms with Crippen molar-refractivity contribution >= 4 is 38.6 Å². The van der Waals surface area contributed by atoms with Crippen molar-refractivity contribution in [2.75, 3.05) is 4.72 Å². The number of hydrogen-bond acceptors (Lipinski definition) is 3. The minimum Gasteiger partial charge on any atom is -0.279 e. The van der Waals surface area contributed by atoms with Crippen LogP contribution in [0.2, 0.25) is 4.34 Å². The van der Waals surface area contributed by atoms with Gasteiger partial charge in [-0.1, -0.05) is 30.7 Å². The highest BCUT2D eigenvalue weighted by atomic mass is 35.5. The van der Waals surface area contributed by atoms with Crippen molar-refractivity contribution in [3.05, 3.63) is 45.8 Å². The molecule has 19 heavy (non-hydrogen) atoms. The van der Waals surface area contributed by atoms with Crippen molar-refractivity contribution in [3.63, 3.8) is 0 Å². The molecule has 102 valence electrons. The molecule has 0 aliphatic rings. The Bertz CT molecular complexity index is 692. The summed E-state index contributed by atoms with van der Waals surface area (Å²) in [5.74, 6) is 0. The van der Waals surface area contributed by atoms with Gasteiger partial charge in [-0.15, -0.1) is 11.3 Å². The van der Waals surface area contributed by atoms with Crippen molar-refractivity contribution in [2.45, 2.75) is 24.5 Å². The Morgan fingerprint density at radius 1 is 1.26 bits per heavy atom. The Kier molecular flexibility index (Phi) is 4.18. The SMILES string of the molecule is CCc1ccc(C)c(NS(=O)(=O)c2ccc(Cl)s2)c1. The average Bonchev–Trinajstić information content (AvgIpc) is 2.79. The molecule has 2 rings (SSSR count). The average molecular weight is 316 g/mol. The highest BCUT2D eigenvalue weighted by Crippen LogP contribution is 2.28. The summed E-state index contributed by atoms with van der Waals surface area (Å²) in [5.41, 5.74) is 2.60. The maximum Gasteiger partial charge on any atom is 0.271 e. The van der Waals surface area contributed by atoms with Crippen molar-refractivity contribution in [2.24, 2.45) is 0 Å². The quantitative estimate of drug-likeness (QED) is 0.924. The number of benzene rings is 1. The zero-order valence-corrected chi connectivity index (χ0v) is 13.0. The van der Waals surface area contributed by atoms with Gasteiger partial charge in [0, 0.05) is 0 Å². The molecule has 0 unspecified atom stereocenters. The third-order valence-corrected chi connectivity index (χ3v) is 5.86. The minimum absolute atomic E-state index is 0.221. The first-order chi connectivity index (χ1) is 8.92. The van der Waals surface area contributed by atoms with Crippen LogP contribution in [0.4, 0.5) is 5.69 Å². The maximum atomic E-state index is 12.2. The van der Waals surface area contributed by atoms with Crippen LogP contribution in [0, 0.1) is 6.92 Å². The molecule has 0 amide bonds. The lowest BCUT2D eigenvalue weighted by Crippen LogP contribution is -2.12. The molecule has 2 aromatic rings. The van der Waals surface area contributed by atoms with E-state index >= 15 is 0 Å². The highest BCUT2D eigenvalue weighted by Gasteiger charge is 2.17. The summed E-state index contributed by atoms with van der Waals surface area (Å²) in [7, 11) is -3.56. The van der Waals surface area contributed by atoms with Crippen molar-refractivity contribution in [3.8, 4) is 0 Å². The monoisotopic (exact) mass is 315 g/mol. The van der Waals surface area contributed by atoms with Crippen LogP contribution >= 0.6 is 22.9 Å². The Morgan fingerprint density at radius 2 is 2.00 bits per heavy atom. The zero-order chi connectivity index (χ0) is 14.0. The Labute approximate surface area is 122 Å². The summed E-state index contributed by atoms with van der Waals surface area (Å²) in [4.78, 5) is 0. The topological polar surface area (TPSA) is 46.2 Å². The van der Waals surface area contributed by atoms with Crippen molar-refractivity contribution in [1.82, 2.24) is 0 Å². The molecular weight excluding hydrogens is 302 g/mol. The molecule has 1 heterocycles. The van der Waals surface area contributed by atoms with Gasteiger partial charge in [0.1, 0.15) is 4.21 Å². The van der Waals surface area contributed by atoms with E-state index in [-0.39, 0.29) is 4.21 Å². The molecule has 0 atom stereocenters. The minimum atomic E-state index is -3.56. The lowest BCUT2D eigenvalue weighted by molar-refractivity contribution is 0.603. The van der Waals surface area contributed by atoms with E-state index in [2.05, 4.69) is 4.72 Å². The van der Waals surface area contributed by atoms with Crippen molar-refractivity contribution < 1.29 is 8.42 Å². The van der Waals surface area contributed by atoms with Crippen molar-refractivity contribution in [1.29, 1.82) is 0 Å². The van der Waals surface area contributed by atoms with E-state index in [1.54, 1.807) is 6.07 Å². The third-order valence-electron chi connectivity index (χ3n) is 2.77. The van der Waals surface area contributed by atoms with Gasteiger partial charge in [0.25, 0.3) is 10.0 Å². The van der Waals surface area contributed by atoms with E-state index in [1.165, 1.54) is 6.07 Å². The second-order valence-electron chi connectivity index (χ2n) is 4.17. The number of aryl methyl sites for hydroxylation is 2. The smallest absolute Gasteiger partial charge is 0.271 e. The van der Waals surface area contributed by atoms with E-state index < -0.39 is 10.0 Å². The summed E-state index contributed by atoms with van der Waals surface area (Å²) >= 11 is 6.82. The first kappa shape index (κ1) is 14.4. The first-order valence-electron chi connectivity index (χ1n) is 5.80. The van der Waals surface area contributed by atoms with Gasteiger partial charge < -0.3 is 0 Å². The van der Waals surface area contributed by atoms with Crippen LogP contribution in [0.1, 0.15) is 18.1 Å². The van der Waals surface area contributed by atoms with Gasteiger partial charge in [-0.3, -0.25) is 4.72 Å². The molecule has 3 nitrogen and oxygen atoms in total. The first-order valence-corrected chi connectivity index (χ1v) is 8.48. The van der Waals surface area contributed by atoms with E-state index in [0.29, 0.717) is 10.0 Å². The molecule has 0 saturated heterocycles. The van der Waals surface area contributed by atoms with Gasteiger partial charge in [0.15, 0.2) is 0 Å².